The van der Waals surface area contributed by atoms with E-state index in [1.54, 1.807) is 60.7 Å². The van der Waals surface area contributed by atoms with E-state index in [-0.39, 0.29) is 27.8 Å². The van der Waals surface area contributed by atoms with Crippen LogP contribution in [0, 0.1) is 5.82 Å². The Labute approximate surface area is 242 Å². The summed E-state index contributed by atoms with van der Waals surface area (Å²) in [4.78, 5) is 39.4. The Morgan fingerprint density at radius 2 is 1.59 bits per heavy atom. The molecule has 0 atom stereocenters. The number of carbonyl (C=O) groups is 3. The lowest BCUT2D eigenvalue weighted by molar-refractivity contribution is -0.113. The molecule has 0 spiro atoms. The van der Waals surface area contributed by atoms with Gasteiger partial charge in [0.2, 0.25) is 0 Å². The first-order valence-corrected chi connectivity index (χ1v) is 13.8. The van der Waals surface area contributed by atoms with Crippen LogP contribution in [-0.2, 0) is 4.79 Å². The van der Waals surface area contributed by atoms with Crippen molar-refractivity contribution in [2.24, 2.45) is 0 Å². The molecule has 4 rings (SSSR count). The molecule has 0 saturated heterocycles. The minimum Gasteiger partial charge on any atom is -0.321 e. The Morgan fingerprint density at radius 1 is 0.872 bits per heavy atom. The Bertz CT molecular complexity index is 1530. The minimum absolute atomic E-state index is 0.0300. The molecule has 2 N–H and O–H groups in total. The fourth-order valence-corrected chi connectivity index (χ4v) is 4.80. The van der Waals surface area contributed by atoms with E-state index >= 15 is 0 Å². The van der Waals surface area contributed by atoms with E-state index in [9.17, 15) is 18.8 Å². The lowest BCUT2D eigenvalue weighted by Gasteiger charge is -2.13. The summed E-state index contributed by atoms with van der Waals surface area (Å²) < 4.78 is 15.4. The van der Waals surface area contributed by atoms with Crippen molar-refractivity contribution in [3.05, 3.63) is 135 Å². The maximum atomic E-state index is 14.5. The molecule has 0 fully saturated rings. The molecule has 0 unspecified atom stereocenters. The second-order valence-corrected chi connectivity index (χ2v) is 10.6. The molecule has 0 saturated carbocycles. The molecule has 0 aromatic heterocycles. The predicted molar refractivity (Wildman–Crippen MR) is 158 cm³/mol. The summed E-state index contributed by atoms with van der Waals surface area (Å²) >= 11 is 10.8. The average molecular weight is 624 g/mol. The van der Waals surface area contributed by atoms with E-state index in [1.165, 1.54) is 36.0 Å². The van der Waals surface area contributed by atoms with Crippen LogP contribution in [0.3, 0.4) is 0 Å². The molecule has 196 valence electrons. The van der Waals surface area contributed by atoms with Gasteiger partial charge >= 0.3 is 0 Å². The summed E-state index contributed by atoms with van der Waals surface area (Å²) in [7, 11) is 0. The van der Waals surface area contributed by atoms with Crippen LogP contribution in [0.5, 0.6) is 0 Å². The third-order valence-electron chi connectivity index (χ3n) is 5.45. The van der Waals surface area contributed by atoms with Gasteiger partial charge in [0.25, 0.3) is 11.8 Å². The van der Waals surface area contributed by atoms with Gasteiger partial charge in [-0.15, -0.1) is 11.8 Å². The predicted octanol–water partition coefficient (Wildman–Crippen LogP) is 7.63. The smallest absolute Gasteiger partial charge is 0.272 e. The summed E-state index contributed by atoms with van der Waals surface area (Å²) in [6.45, 7) is 0. The molecule has 0 aliphatic heterocycles. The summed E-state index contributed by atoms with van der Waals surface area (Å²) in [6.07, 6.45) is 1.20. The van der Waals surface area contributed by atoms with Gasteiger partial charge in [-0.1, -0.05) is 70.0 Å². The van der Waals surface area contributed by atoms with Gasteiger partial charge in [-0.3, -0.25) is 14.4 Å². The number of Topliss-reactive ketones (excluding diaryl/α,β-unsaturated/α-hetero) is 1. The number of nitrogens with one attached hydrogen (secondary N) is 2. The van der Waals surface area contributed by atoms with Crippen LogP contribution in [0.15, 0.2) is 112 Å². The topological polar surface area (TPSA) is 75.3 Å². The lowest BCUT2D eigenvalue weighted by atomic mass is 10.1. The first kappa shape index (κ1) is 28.3. The molecular formula is C30H21BrClFN2O3S. The van der Waals surface area contributed by atoms with Crippen molar-refractivity contribution in [1.82, 2.24) is 5.32 Å². The van der Waals surface area contributed by atoms with Crippen molar-refractivity contribution in [3.63, 3.8) is 0 Å². The molecule has 5 nitrogen and oxygen atoms in total. The standard InChI is InChI=1S/C30H21BrClFN2O3S/c31-21-14-12-19(13-15-21)28(36)18-39-23-9-4-8-22(16-23)34-30(38)27(17-24-25(32)10-5-11-26(24)33)35-29(37)20-6-2-1-3-7-20/h1-17H,18H2,(H,34,38)(H,35,37)/b27-17-. The fraction of sp³-hybridized carbons (Fsp3) is 0.0333. The molecule has 0 radical (unpaired) electrons. The first-order valence-electron chi connectivity index (χ1n) is 11.7. The highest BCUT2D eigenvalue weighted by Gasteiger charge is 2.17. The number of benzene rings is 4. The third-order valence-corrected chi connectivity index (χ3v) is 7.30. The zero-order valence-electron chi connectivity index (χ0n) is 20.3. The molecular weight excluding hydrogens is 603 g/mol. The SMILES string of the molecule is O=C(Nc1cccc(SCC(=O)c2ccc(Br)cc2)c1)/C(=C/c1c(F)cccc1Cl)NC(=O)c1ccccc1. The van der Waals surface area contributed by atoms with Gasteiger partial charge in [0.15, 0.2) is 5.78 Å². The van der Waals surface area contributed by atoms with Crippen LogP contribution in [-0.4, -0.2) is 23.4 Å². The second-order valence-electron chi connectivity index (χ2n) is 8.21. The number of ketones is 1. The molecule has 0 heterocycles. The molecule has 2 amide bonds. The van der Waals surface area contributed by atoms with Crippen LogP contribution in [0.25, 0.3) is 6.08 Å². The van der Waals surface area contributed by atoms with Gasteiger partial charge < -0.3 is 10.6 Å². The third kappa shape index (κ3) is 7.89. The number of anilines is 1. The number of carbonyl (C=O) groups excluding carboxylic acids is 3. The van der Waals surface area contributed by atoms with Crippen molar-refractivity contribution in [2.75, 3.05) is 11.1 Å². The number of amides is 2. The van der Waals surface area contributed by atoms with Crippen molar-refractivity contribution < 1.29 is 18.8 Å². The number of hydrogen-bond acceptors (Lipinski definition) is 4. The number of rotatable bonds is 9. The molecule has 0 aliphatic carbocycles. The molecule has 0 aliphatic rings. The molecule has 0 bridgehead atoms. The van der Waals surface area contributed by atoms with E-state index in [0.717, 1.165) is 9.37 Å². The summed E-state index contributed by atoms with van der Waals surface area (Å²) in [5, 5.41) is 5.38. The number of thioether (sulfide) groups is 1. The van der Waals surface area contributed by atoms with Crippen LogP contribution in [0.1, 0.15) is 26.3 Å². The van der Waals surface area contributed by atoms with E-state index in [1.807, 2.05) is 18.2 Å². The summed E-state index contributed by atoms with van der Waals surface area (Å²) in [5.41, 5.74) is 1.13. The molecule has 39 heavy (non-hydrogen) atoms. The Balaban J connectivity index is 1.52. The molecule has 9 heteroatoms. The van der Waals surface area contributed by atoms with Gasteiger partial charge in [0.1, 0.15) is 11.5 Å². The lowest BCUT2D eigenvalue weighted by Crippen LogP contribution is -2.30. The maximum absolute atomic E-state index is 14.5. The Morgan fingerprint density at radius 3 is 2.31 bits per heavy atom. The minimum atomic E-state index is -0.674. The van der Waals surface area contributed by atoms with Gasteiger partial charge in [-0.05, 0) is 60.7 Å². The van der Waals surface area contributed by atoms with Gasteiger partial charge in [0.05, 0.1) is 10.8 Å². The average Bonchev–Trinajstić information content (AvgIpc) is 2.94. The maximum Gasteiger partial charge on any atom is 0.272 e. The van der Waals surface area contributed by atoms with Crippen molar-refractivity contribution >= 4 is 68.7 Å². The largest absolute Gasteiger partial charge is 0.321 e. The fourth-order valence-electron chi connectivity index (χ4n) is 3.47. The van der Waals surface area contributed by atoms with E-state index in [4.69, 9.17) is 11.6 Å². The van der Waals surface area contributed by atoms with Crippen LogP contribution in [0.2, 0.25) is 5.02 Å². The normalized spacial score (nSPS) is 11.1. The van der Waals surface area contributed by atoms with Crippen molar-refractivity contribution in [2.45, 2.75) is 4.90 Å². The van der Waals surface area contributed by atoms with Gasteiger partial charge in [-0.2, -0.15) is 0 Å². The Kier molecular flexibility index (Phi) is 9.70. The zero-order chi connectivity index (χ0) is 27.8. The van der Waals surface area contributed by atoms with E-state index in [0.29, 0.717) is 16.8 Å². The molecule has 4 aromatic carbocycles. The summed E-state index contributed by atoms with van der Waals surface area (Å²) in [5.74, 6) is -1.68. The highest BCUT2D eigenvalue weighted by Crippen LogP contribution is 2.25. The Hall–Kier alpha value is -3.72. The highest BCUT2D eigenvalue weighted by molar-refractivity contribution is 9.10. The first-order chi connectivity index (χ1) is 18.8. The highest BCUT2D eigenvalue weighted by atomic mass is 79.9. The second kappa shape index (κ2) is 13.4. The van der Waals surface area contributed by atoms with E-state index in [2.05, 4.69) is 26.6 Å². The zero-order valence-corrected chi connectivity index (χ0v) is 23.4. The molecule has 4 aromatic rings. The van der Waals surface area contributed by atoms with Crippen LogP contribution >= 0.6 is 39.3 Å². The van der Waals surface area contributed by atoms with Crippen molar-refractivity contribution in [1.29, 1.82) is 0 Å². The van der Waals surface area contributed by atoms with E-state index < -0.39 is 17.6 Å². The number of hydrogen-bond donors (Lipinski definition) is 2. The van der Waals surface area contributed by atoms with Crippen molar-refractivity contribution in [3.8, 4) is 0 Å². The summed E-state index contributed by atoms with van der Waals surface area (Å²) in [6, 6.07) is 26.5. The number of halogens is 3. The monoisotopic (exact) mass is 622 g/mol. The van der Waals surface area contributed by atoms with Crippen LogP contribution < -0.4 is 10.6 Å². The van der Waals surface area contributed by atoms with Gasteiger partial charge in [0, 0.05) is 31.7 Å². The van der Waals surface area contributed by atoms with Gasteiger partial charge in [-0.25, -0.2) is 4.39 Å². The quantitative estimate of drug-likeness (QED) is 0.114. The van der Waals surface area contributed by atoms with Crippen LogP contribution in [0.4, 0.5) is 10.1 Å².